The van der Waals surface area contributed by atoms with Gasteiger partial charge in [0, 0.05) is 18.7 Å². The molecule has 0 bridgehead atoms. The third-order valence-electron chi connectivity index (χ3n) is 1.76. The van der Waals surface area contributed by atoms with Crippen molar-refractivity contribution in [2.45, 2.75) is 13.3 Å². The molecule has 2 N–H and O–H groups in total. The molecule has 0 saturated carbocycles. The number of amides is 1. The SMILES string of the molecule is CCC(=O)N(N)c1cc([N+](=O)[O-])ccn1. The molecule has 0 spiro atoms. The van der Waals surface area contributed by atoms with E-state index >= 15 is 0 Å². The van der Waals surface area contributed by atoms with Crippen molar-refractivity contribution in [2.75, 3.05) is 5.01 Å². The number of nitro groups is 1. The summed E-state index contributed by atoms with van der Waals surface area (Å²) in [5.74, 6) is 5.12. The van der Waals surface area contributed by atoms with Gasteiger partial charge in [0.2, 0.25) is 5.91 Å². The highest BCUT2D eigenvalue weighted by Gasteiger charge is 2.14. The zero-order chi connectivity index (χ0) is 11.4. The van der Waals surface area contributed by atoms with Crippen molar-refractivity contribution in [3.63, 3.8) is 0 Å². The summed E-state index contributed by atoms with van der Waals surface area (Å²) in [6.45, 7) is 1.64. The summed E-state index contributed by atoms with van der Waals surface area (Å²) in [4.78, 5) is 24.8. The zero-order valence-electron chi connectivity index (χ0n) is 8.08. The fraction of sp³-hybridized carbons (Fsp3) is 0.250. The van der Waals surface area contributed by atoms with Gasteiger partial charge in [-0.2, -0.15) is 0 Å². The molecule has 0 aliphatic carbocycles. The molecule has 1 aromatic rings. The van der Waals surface area contributed by atoms with Crippen LogP contribution in [0.15, 0.2) is 18.3 Å². The van der Waals surface area contributed by atoms with E-state index in [1.807, 2.05) is 0 Å². The molecule has 7 nitrogen and oxygen atoms in total. The topological polar surface area (TPSA) is 102 Å². The van der Waals surface area contributed by atoms with E-state index in [1.165, 1.54) is 12.3 Å². The Balaban J connectivity index is 3.00. The molecule has 1 aromatic heterocycles. The zero-order valence-corrected chi connectivity index (χ0v) is 8.08. The average molecular weight is 210 g/mol. The number of rotatable bonds is 3. The molecule has 0 aliphatic heterocycles. The normalized spacial score (nSPS) is 9.73. The maximum absolute atomic E-state index is 11.2. The molecule has 0 unspecified atom stereocenters. The van der Waals surface area contributed by atoms with Crippen LogP contribution in [0.3, 0.4) is 0 Å². The molecule has 1 heterocycles. The van der Waals surface area contributed by atoms with E-state index in [9.17, 15) is 14.9 Å². The van der Waals surface area contributed by atoms with Crippen LogP contribution in [-0.4, -0.2) is 15.8 Å². The molecule has 0 atom stereocenters. The van der Waals surface area contributed by atoms with Gasteiger partial charge < -0.3 is 0 Å². The summed E-state index contributed by atoms with van der Waals surface area (Å²) in [5, 5.41) is 11.2. The third kappa shape index (κ3) is 2.47. The van der Waals surface area contributed by atoms with Gasteiger partial charge in [-0.25, -0.2) is 15.8 Å². The number of carbonyl (C=O) groups excluding carboxylic acids is 1. The number of nitrogens with two attached hydrogens (primary N) is 1. The molecular weight excluding hydrogens is 200 g/mol. The second-order valence-corrected chi connectivity index (χ2v) is 2.75. The van der Waals surface area contributed by atoms with Gasteiger partial charge in [0.1, 0.15) is 0 Å². The molecule has 80 valence electrons. The Morgan fingerprint density at radius 1 is 1.73 bits per heavy atom. The van der Waals surface area contributed by atoms with Crippen molar-refractivity contribution in [2.24, 2.45) is 5.84 Å². The lowest BCUT2D eigenvalue weighted by Crippen LogP contribution is -2.37. The van der Waals surface area contributed by atoms with Gasteiger partial charge in [0.05, 0.1) is 11.0 Å². The van der Waals surface area contributed by atoms with E-state index in [4.69, 9.17) is 5.84 Å². The van der Waals surface area contributed by atoms with Crippen LogP contribution in [0.1, 0.15) is 13.3 Å². The number of hydrogen-bond donors (Lipinski definition) is 1. The minimum absolute atomic E-state index is 0.0658. The Hall–Kier alpha value is -2.02. The quantitative estimate of drug-likeness (QED) is 0.340. The highest BCUT2D eigenvalue weighted by atomic mass is 16.6. The maximum atomic E-state index is 11.2. The molecular formula is C8H10N4O3. The maximum Gasteiger partial charge on any atom is 0.274 e. The van der Waals surface area contributed by atoms with E-state index in [0.29, 0.717) is 0 Å². The molecule has 1 amide bonds. The Morgan fingerprint density at radius 2 is 2.40 bits per heavy atom. The lowest BCUT2D eigenvalue weighted by atomic mass is 10.3. The summed E-state index contributed by atoms with van der Waals surface area (Å²) in [7, 11) is 0. The molecule has 0 fully saturated rings. The highest BCUT2D eigenvalue weighted by molar-refractivity contribution is 5.91. The second kappa shape index (κ2) is 4.47. The van der Waals surface area contributed by atoms with Crippen LogP contribution in [0.25, 0.3) is 0 Å². The van der Waals surface area contributed by atoms with Gasteiger partial charge in [0.15, 0.2) is 5.82 Å². The standard InChI is InChI=1S/C8H10N4O3/c1-2-8(13)11(9)7-5-6(12(14)15)3-4-10-7/h3-5H,2,9H2,1H3. The van der Waals surface area contributed by atoms with Crippen LogP contribution in [-0.2, 0) is 4.79 Å². The fourth-order valence-electron chi connectivity index (χ4n) is 0.951. The predicted molar refractivity (Wildman–Crippen MR) is 52.9 cm³/mol. The molecule has 15 heavy (non-hydrogen) atoms. The molecule has 0 saturated heterocycles. The van der Waals surface area contributed by atoms with Crippen LogP contribution in [0.4, 0.5) is 11.5 Å². The predicted octanol–water partition coefficient (Wildman–Crippen LogP) is 0.606. The first-order valence-electron chi connectivity index (χ1n) is 4.24. The first kappa shape index (κ1) is 11.1. The van der Waals surface area contributed by atoms with Crippen molar-refractivity contribution in [3.05, 3.63) is 28.4 Å². The smallest absolute Gasteiger partial charge is 0.273 e. The second-order valence-electron chi connectivity index (χ2n) is 2.75. The summed E-state index contributed by atoms with van der Waals surface area (Å²) in [5.41, 5.74) is -0.153. The van der Waals surface area contributed by atoms with E-state index in [-0.39, 0.29) is 23.8 Å². The molecule has 0 aromatic carbocycles. The Morgan fingerprint density at radius 3 is 2.93 bits per heavy atom. The van der Waals surface area contributed by atoms with Crippen LogP contribution in [0.5, 0.6) is 0 Å². The minimum Gasteiger partial charge on any atom is -0.273 e. The largest absolute Gasteiger partial charge is 0.274 e. The van der Waals surface area contributed by atoms with Gasteiger partial charge in [-0.15, -0.1) is 0 Å². The Kier molecular flexibility index (Phi) is 3.29. The van der Waals surface area contributed by atoms with E-state index < -0.39 is 4.92 Å². The van der Waals surface area contributed by atoms with E-state index in [0.717, 1.165) is 11.1 Å². The summed E-state index contributed by atoms with van der Waals surface area (Å²) >= 11 is 0. The summed E-state index contributed by atoms with van der Waals surface area (Å²) in [6, 6.07) is 2.38. The molecule has 0 aliphatic rings. The third-order valence-corrected chi connectivity index (χ3v) is 1.76. The number of hydrazine groups is 1. The first-order chi connectivity index (χ1) is 7.06. The van der Waals surface area contributed by atoms with Crippen LogP contribution >= 0.6 is 0 Å². The van der Waals surface area contributed by atoms with Crippen molar-refractivity contribution in [1.29, 1.82) is 0 Å². The summed E-state index contributed by atoms with van der Waals surface area (Å²) in [6.07, 6.45) is 1.44. The Labute approximate surface area is 85.6 Å². The number of anilines is 1. The summed E-state index contributed by atoms with van der Waals surface area (Å²) < 4.78 is 0. The molecule has 7 heteroatoms. The van der Waals surface area contributed by atoms with E-state index in [1.54, 1.807) is 6.92 Å². The van der Waals surface area contributed by atoms with E-state index in [2.05, 4.69) is 4.98 Å². The van der Waals surface area contributed by atoms with Crippen molar-refractivity contribution in [3.8, 4) is 0 Å². The minimum atomic E-state index is -0.574. The van der Waals surface area contributed by atoms with Crippen molar-refractivity contribution >= 4 is 17.4 Å². The van der Waals surface area contributed by atoms with Gasteiger partial charge in [-0.3, -0.25) is 14.9 Å². The lowest BCUT2D eigenvalue weighted by molar-refractivity contribution is -0.384. The fourth-order valence-corrected chi connectivity index (χ4v) is 0.951. The monoisotopic (exact) mass is 210 g/mol. The molecule has 0 radical (unpaired) electrons. The van der Waals surface area contributed by atoms with Gasteiger partial charge in [-0.05, 0) is 0 Å². The molecule has 1 rings (SSSR count). The lowest BCUT2D eigenvalue weighted by Gasteiger charge is -2.13. The van der Waals surface area contributed by atoms with Crippen LogP contribution < -0.4 is 10.9 Å². The number of pyridine rings is 1. The average Bonchev–Trinajstić information content (AvgIpc) is 2.27. The number of aromatic nitrogens is 1. The van der Waals surface area contributed by atoms with Gasteiger partial charge >= 0.3 is 0 Å². The van der Waals surface area contributed by atoms with Gasteiger partial charge in [0.25, 0.3) is 5.69 Å². The van der Waals surface area contributed by atoms with Crippen molar-refractivity contribution in [1.82, 2.24) is 4.98 Å². The highest BCUT2D eigenvalue weighted by Crippen LogP contribution is 2.16. The number of hydrogen-bond acceptors (Lipinski definition) is 5. The van der Waals surface area contributed by atoms with Gasteiger partial charge in [-0.1, -0.05) is 6.92 Å². The van der Waals surface area contributed by atoms with Crippen LogP contribution in [0.2, 0.25) is 0 Å². The first-order valence-corrected chi connectivity index (χ1v) is 4.24. The number of nitrogens with zero attached hydrogens (tertiary/aromatic N) is 3. The van der Waals surface area contributed by atoms with Crippen LogP contribution in [0, 0.1) is 10.1 Å². The van der Waals surface area contributed by atoms with Crippen molar-refractivity contribution < 1.29 is 9.72 Å². The Bertz CT molecular complexity index is 393. The number of carbonyl (C=O) groups is 1.